The van der Waals surface area contributed by atoms with Gasteiger partial charge in [-0.3, -0.25) is 4.79 Å². The van der Waals surface area contributed by atoms with Crippen molar-refractivity contribution >= 4 is 33.0 Å². The lowest BCUT2D eigenvalue weighted by molar-refractivity contribution is 0.549. The predicted molar refractivity (Wildman–Crippen MR) is 98.5 cm³/mol. The van der Waals surface area contributed by atoms with Gasteiger partial charge in [0, 0.05) is 17.6 Å². The molecule has 0 spiro atoms. The maximum Gasteiger partial charge on any atom is 0.266 e. The number of halogens is 1. The molecule has 2 aromatic heterocycles. The summed E-state index contributed by atoms with van der Waals surface area (Å²) in [7, 11) is -3.66. The van der Waals surface area contributed by atoms with E-state index < -0.39 is 10.0 Å². The summed E-state index contributed by atoms with van der Waals surface area (Å²) in [5, 5.41) is 6.66. The van der Waals surface area contributed by atoms with Crippen molar-refractivity contribution in [1.29, 1.82) is 0 Å². The molecule has 0 aliphatic carbocycles. The molecule has 0 fully saturated rings. The summed E-state index contributed by atoms with van der Waals surface area (Å²) < 4.78 is 28.1. The van der Waals surface area contributed by atoms with E-state index in [0.717, 1.165) is 4.88 Å². The highest BCUT2D eigenvalue weighted by Crippen LogP contribution is 2.21. The molecule has 0 amide bonds. The van der Waals surface area contributed by atoms with Gasteiger partial charge >= 0.3 is 0 Å². The average molecular weight is 396 g/mol. The van der Waals surface area contributed by atoms with E-state index in [9.17, 15) is 13.2 Å². The number of hydrogen-bond acceptors (Lipinski definition) is 5. The lowest BCUT2D eigenvalue weighted by Crippen LogP contribution is -2.32. The van der Waals surface area contributed by atoms with Gasteiger partial charge in [0.1, 0.15) is 5.69 Å². The first-order chi connectivity index (χ1) is 12.0. The molecule has 25 heavy (non-hydrogen) atoms. The highest BCUT2D eigenvalue weighted by Gasteiger charge is 2.13. The smallest absolute Gasteiger partial charge is 0.266 e. The number of aromatic nitrogens is 2. The summed E-state index contributed by atoms with van der Waals surface area (Å²) in [6.07, 6.45) is 0. The Labute approximate surface area is 153 Å². The van der Waals surface area contributed by atoms with Gasteiger partial charge in [0.15, 0.2) is 0 Å². The second-order valence-corrected chi connectivity index (χ2v) is 8.26. The Morgan fingerprint density at radius 3 is 2.56 bits per heavy atom. The Morgan fingerprint density at radius 2 is 1.88 bits per heavy atom. The van der Waals surface area contributed by atoms with E-state index in [1.165, 1.54) is 46.4 Å². The van der Waals surface area contributed by atoms with Crippen LogP contribution in [0.4, 0.5) is 0 Å². The zero-order valence-electron chi connectivity index (χ0n) is 12.9. The van der Waals surface area contributed by atoms with Crippen LogP contribution in [-0.2, 0) is 16.6 Å². The molecule has 3 aromatic rings. The lowest BCUT2D eigenvalue weighted by Gasteiger charge is -2.09. The summed E-state index contributed by atoms with van der Waals surface area (Å²) in [5.74, 6) is 0. The Balaban J connectivity index is 1.70. The van der Waals surface area contributed by atoms with Gasteiger partial charge in [0.05, 0.1) is 16.3 Å². The fourth-order valence-corrected chi connectivity index (χ4v) is 3.99. The van der Waals surface area contributed by atoms with Crippen molar-refractivity contribution < 1.29 is 8.42 Å². The Hall–Kier alpha value is -2.00. The first-order valence-electron chi connectivity index (χ1n) is 7.33. The van der Waals surface area contributed by atoms with Gasteiger partial charge in [-0.05, 0) is 41.8 Å². The van der Waals surface area contributed by atoms with Gasteiger partial charge in [-0.1, -0.05) is 17.7 Å². The zero-order valence-corrected chi connectivity index (χ0v) is 15.3. The van der Waals surface area contributed by atoms with Crippen LogP contribution >= 0.6 is 22.9 Å². The summed E-state index contributed by atoms with van der Waals surface area (Å²) in [4.78, 5) is 13.0. The topological polar surface area (TPSA) is 81.1 Å². The normalized spacial score (nSPS) is 11.6. The van der Waals surface area contributed by atoms with Gasteiger partial charge in [-0.15, -0.1) is 11.3 Å². The van der Waals surface area contributed by atoms with Crippen LogP contribution in [0.2, 0.25) is 5.02 Å². The van der Waals surface area contributed by atoms with Gasteiger partial charge in [0.25, 0.3) is 5.56 Å². The van der Waals surface area contributed by atoms with E-state index in [0.29, 0.717) is 10.7 Å². The standard InChI is InChI=1S/C16H14ClN3O3S2/c17-12-3-5-13(6-4-12)25(22,23)18-9-10-20-16(21)8-7-14(19-20)15-2-1-11-24-15/h1-8,11,18H,9-10H2. The average Bonchev–Trinajstić information content (AvgIpc) is 3.11. The van der Waals surface area contributed by atoms with Crippen molar-refractivity contribution in [3.63, 3.8) is 0 Å². The van der Waals surface area contributed by atoms with Gasteiger partial charge in [-0.2, -0.15) is 5.10 Å². The first kappa shape index (κ1) is 17.8. The molecule has 2 heterocycles. The van der Waals surface area contributed by atoms with Gasteiger partial charge in [0.2, 0.25) is 10.0 Å². The predicted octanol–water partition coefficient (Wildman–Crippen LogP) is 2.60. The second-order valence-electron chi connectivity index (χ2n) is 5.11. The van der Waals surface area contributed by atoms with E-state index in [1.54, 1.807) is 6.07 Å². The highest BCUT2D eigenvalue weighted by atomic mass is 35.5. The van der Waals surface area contributed by atoms with Crippen molar-refractivity contribution in [2.24, 2.45) is 0 Å². The highest BCUT2D eigenvalue weighted by molar-refractivity contribution is 7.89. The van der Waals surface area contributed by atoms with Crippen LogP contribution in [-0.4, -0.2) is 24.7 Å². The molecule has 0 saturated heterocycles. The van der Waals surface area contributed by atoms with Crippen molar-refractivity contribution in [1.82, 2.24) is 14.5 Å². The maximum absolute atomic E-state index is 12.2. The van der Waals surface area contributed by atoms with Gasteiger partial charge < -0.3 is 0 Å². The maximum atomic E-state index is 12.2. The number of nitrogens with one attached hydrogen (secondary N) is 1. The molecule has 0 atom stereocenters. The van der Waals surface area contributed by atoms with Crippen LogP contribution in [0.15, 0.2) is 63.6 Å². The van der Waals surface area contributed by atoms with E-state index in [4.69, 9.17) is 11.6 Å². The minimum Gasteiger partial charge on any atom is -0.268 e. The second kappa shape index (κ2) is 7.49. The molecule has 1 aromatic carbocycles. The SMILES string of the molecule is O=c1ccc(-c2cccs2)nn1CCNS(=O)(=O)c1ccc(Cl)cc1. The molecule has 9 heteroatoms. The molecule has 0 aliphatic heterocycles. The third kappa shape index (κ3) is 4.35. The quantitative estimate of drug-likeness (QED) is 0.695. The van der Waals surface area contributed by atoms with Crippen molar-refractivity contribution in [2.45, 2.75) is 11.4 Å². The summed E-state index contributed by atoms with van der Waals surface area (Å²) in [6, 6.07) is 12.7. The molecule has 3 rings (SSSR count). The van der Waals surface area contributed by atoms with E-state index in [-0.39, 0.29) is 23.5 Å². The van der Waals surface area contributed by atoms with Crippen LogP contribution in [0.1, 0.15) is 0 Å². The third-order valence-corrected chi connectivity index (χ3v) is 6.00. The number of sulfonamides is 1. The van der Waals surface area contributed by atoms with Crippen molar-refractivity contribution in [3.8, 4) is 10.6 Å². The number of nitrogens with zero attached hydrogens (tertiary/aromatic N) is 2. The zero-order chi connectivity index (χ0) is 17.9. The van der Waals surface area contributed by atoms with Crippen LogP contribution in [0.25, 0.3) is 10.6 Å². The van der Waals surface area contributed by atoms with Crippen LogP contribution < -0.4 is 10.3 Å². The molecule has 0 saturated carbocycles. The molecule has 1 N–H and O–H groups in total. The molecule has 6 nitrogen and oxygen atoms in total. The first-order valence-corrected chi connectivity index (χ1v) is 10.1. The van der Waals surface area contributed by atoms with Gasteiger partial charge in [-0.25, -0.2) is 17.8 Å². The minimum absolute atomic E-state index is 0.0474. The van der Waals surface area contributed by atoms with Crippen LogP contribution in [0.5, 0.6) is 0 Å². The lowest BCUT2D eigenvalue weighted by atomic mass is 10.3. The molecular weight excluding hydrogens is 382 g/mol. The number of hydrogen-bond donors (Lipinski definition) is 1. The van der Waals surface area contributed by atoms with Crippen molar-refractivity contribution in [2.75, 3.05) is 6.54 Å². The fraction of sp³-hybridized carbons (Fsp3) is 0.125. The molecule has 0 radical (unpaired) electrons. The van der Waals surface area contributed by atoms with E-state index >= 15 is 0 Å². The molecular formula is C16H14ClN3O3S2. The van der Waals surface area contributed by atoms with Crippen molar-refractivity contribution in [3.05, 3.63) is 69.3 Å². The van der Waals surface area contributed by atoms with Crippen LogP contribution in [0.3, 0.4) is 0 Å². The Kier molecular flexibility index (Phi) is 5.33. The molecule has 0 aliphatic rings. The minimum atomic E-state index is -3.66. The summed E-state index contributed by atoms with van der Waals surface area (Å²) in [6.45, 7) is 0.177. The van der Waals surface area contributed by atoms with E-state index in [1.807, 2.05) is 17.5 Å². The third-order valence-electron chi connectivity index (χ3n) is 3.38. The number of benzene rings is 1. The Morgan fingerprint density at radius 1 is 1.12 bits per heavy atom. The molecule has 0 bridgehead atoms. The Bertz CT molecular complexity index is 1010. The molecule has 130 valence electrons. The number of thiophene rings is 1. The summed E-state index contributed by atoms with van der Waals surface area (Å²) in [5.41, 5.74) is 0.390. The largest absolute Gasteiger partial charge is 0.268 e. The van der Waals surface area contributed by atoms with Crippen LogP contribution in [0, 0.1) is 0 Å². The monoisotopic (exact) mass is 395 g/mol. The summed E-state index contributed by atoms with van der Waals surface area (Å²) >= 11 is 7.28. The number of rotatable bonds is 6. The van der Waals surface area contributed by atoms with E-state index in [2.05, 4.69) is 9.82 Å². The molecule has 0 unspecified atom stereocenters. The fourth-order valence-electron chi connectivity index (χ4n) is 2.15.